The molecule has 0 fully saturated rings. The van der Waals surface area contributed by atoms with Crippen LogP contribution in [0.1, 0.15) is 23.6 Å². The first kappa shape index (κ1) is 13.9. The number of esters is 1. The van der Waals surface area contributed by atoms with Crippen LogP contribution < -0.4 is 0 Å². The maximum atomic E-state index is 11.4. The van der Waals surface area contributed by atoms with Crippen molar-refractivity contribution < 1.29 is 9.53 Å². The first-order valence-electron chi connectivity index (χ1n) is 5.08. The molecular formula is C12H12ClNO2S. The number of thiol groups is 1. The fourth-order valence-electron chi connectivity index (χ4n) is 1.43. The van der Waals surface area contributed by atoms with Crippen molar-refractivity contribution >= 4 is 30.2 Å². The van der Waals surface area contributed by atoms with Crippen LogP contribution >= 0.6 is 24.2 Å². The molecule has 1 aromatic rings. The van der Waals surface area contributed by atoms with E-state index in [4.69, 9.17) is 21.6 Å². The number of carbonyl (C=O) groups excluding carboxylic acids is 1. The maximum absolute atomic E-state index is 11.4. The highest BCUT2D eigenvalue weighted by atomic mass is 35.5. The standard InChI is InChI=1S/C12H12ClNO2S/c1-2-16-12(15)5-10-9(7-14)3-8(6-13)4-11(10)17/h3-4,17H,2,5-6H2,1H3. The number of alkyl halides is 1. The number of nitriles is 1. The number of hydrogen-bond donors (Lipinski definition) is 1. The molecule has 3 nitrogen and oxygen atoms in total. The van der Waals surface area contributed by atoms with Crippen LogP contribution in [0, 0.1) is 11.3 Å². The van der Waals surface area contributed by atoms with E-state index in [0.29, 0.717) is 28.5 Å². The minimum Gasteiger partial charge on any atom is -0.466 e. The Hall–Kier alpha value is -1.18. The van der Waals surface area contributed by atoms with E-state index < -0.39 is 0 Å². The van der Waals surface area contributed by atoms with Crippen LogP contribution in [0.5, 0.6) is 0 Å². The molecule has 0 aliphatic rings. The van der Waals surface area contributed by atoms with Gasteiger partial charge >= 0.3 is 5.97 Å². The number of rotatable bonds is 4. The number of ether oxygens (including phenoxy) is 1. The molecule has 0 radical (unpaired) electrons. The average Bonchev–Trinajstić information content (AvgIpc) is 2.31. The van der Waals surface area contributed by atoms with Crippen LogP contribution in [0.4, 0.5) is 0 Å². The van der Waals surface area contributed by atoms with Crippen LogP contribution in [-0.4, -0.2) is 12.6 Å². The summed E-state index contributed by atoms with van der Waals surface area (Å²) in [5, 5.41) is 9.03. The molecule has 1 rings (SSSR count). The Morgan fingerprint density at radius 1 is 1.59 bits per heavy atom. The van der Waals surface area contributed by atoms with Gasteiger partial charge in [-0.25, -0.2) is 0 Å². The van der Waals surface area contributed by atoms with Gasteiger partial charge in [-0.05, 0) is 30.2 Å². The van der Waals surface area contributed by atoms with Gasteiger partial charge in [0.25, 0.3) is 0 Å². The summed E-state index contributed by atoms with van der Waals surface area (Å²) in [6.07, 6.45) is 0.0537. The van der Waals surface area contributed by atoms with E-state index in [-0.39, 0.29) is 12.4 Å². The third-order valence-corrected chi connectivity index (χ3v) is 2.89. The Balaban J connectivity index is 3.07. The van der Waals surface area contributed by atoms with Gasteiger partial charge in [0.15, 0.2) is 0 Å². The first-order valence-corrected chi connectivity index (χ1v) is 6.07. The molecule has 0 saturated carbocycles. The van der Waals surface area contributed by atoms with Gasteiger partial charge in [-0.2, -0.15) is 5.26 Å². The van der Waals surface area contributed by atoms with E-state index in [0.717, 1.165) is 5.56 Å². The lowest BCUT2D eigenvalue weighted by Gasteiger charge is -2.09. The largest absolute Gasteiger partial charge is 0.466 e. The molecule has 0 atom stereocenters. The van der Waals surface area contributed by atoms with E-state index in [1.54, 1.807) is 19.1 Å². The number of hydrogen-bond acceptors (Lipinski definition) is 4. The van der Waals surface area contributed by atoms with Gasteiger partial charge < -0.3 is 4.74 Å². The summed E-state index contributed by atoms with van der Waals surface area (Å²) in [5.74, 6) is -0.0556. The van der Waals surface area contributed by atoms with Gasteiger partial charge in [0, 0.05) is 10.8 Å². The van der Waals surface area contributed by atoms with Crippen molar-refractivity contribution in [2.24, 2.45) is 0 Å². The van der Waals surface area contributed by atoms with Crippen molar-refractivity contribution in [3.63, 3.8) is 0 Å². The summed E-state index contributed by atoms with van der Waals surface area (Å²) in [4.78, 5) is 12.0. The van der Waals surface area contributed by atoms with Crippen LogP contribution in [-0.2, 0) is 21.8 Å². The third-order valence-electron chi connectivity index (χ3n) is 2.19. The SMILES string of the molecule is CCOC(=O)Cc1c(S)cc(CCl)cc1C#N. The summed E-state index contributed by atoms with van der Waals surface area (Å²) in [7, 11) is 0. The fourth-order valence-corrected chi connectivity index (χ4v) is 1.95. The van der Waals surface area contributed by atoms with Crippen molar-refractivity contribution in [2.45, 2.75) is 24.1 Å². The highest BCUT2D eigenvalue weighted by Gasteiger charge is 2.13. The Bertz CT molecular complexity index is 468. The lowest BCUT2D eigenvalue weighted by molar-refractivity contribution is -0.142. The summed E-state index contributed by atoms with van der Waals surface area (Å²) in [5.41, 5.74) is 1.81. The fraction of sp³-hybridized carbons (Fsp3) is 0.333. The van der Waals surface area contributed by atoms with E-state index in [2.05, 4.69) is 12.6 Å². The topological polar surface area (TPSA) is 50.1 Å². The lowest BCUT2D eigenvalue weighted by atomic mass is 10.0. The Morgan fingerprint density at radius 3 is 2.82 bits per heavy atom. The van der Waals surface area contributed by atoms with Crippen molar-refractivity contribution in [3.05, 3.63) is 28.8 Å². The monoisotopic (exact) mass is 269 g/mol. The van der Waals surface area contributed by atoms with Crippen molar-refractivity contribution in [3.8, 4) is 6.07 Å². The molecular weight excluding hydrogens is 258 g/mol. The van der Waals surface area contributed by atoms with Crippen LogP contribution in [0.25, 0.3) is 0 Å². The van der Waals surface area contributed by atoms with E-state index in [1.807, 2.05) is 6.07 Å². The lowest BCUT2D eigenvalue weighted by Crippen LogP contribution is -2.09. The van der Waals surface area contributed by atoms with Gasteiger partial charge in [0.05, 0.1) is 24.7 Å². The second-order valence-corrected chi connectivity index (χ2v) is 4.12. The molecule has 0 unspecified atom stereocenters. The molecule has 0 heterocycles. The summed E-state index contributed by atoms with van der Waals surface area (Å²) in [6.45, 7) is 2.06. The molecule has 0 aromatic heterocycles. The molecule has 0 spiro atoms. The van der Waals surface area contributed by atoms with Crippen LogP contribution in [0.3, 0.4) is 0 Å². The molecule has 17 heavy (non-hydrogen) atoms. The smallest absolute Gasteiger partial charge is 0.310 e. The number of benzene rings is 1. The third kappa shape index (κ3) is 3.65. The number of halogens is 1. The second kappa shape index (κ2) is 6.53. The highest BCUT2D eigenvalue weighted by molar-refractivity contribution is 7.80. The highest BCUT2D eigenvalue weighted by Crippen LogP contribution is 2.22. The first-order chi connectivity index (χ1) is 8.12. The number of carbonyl (C=O) groups is 1. The zero-order chi connectivity index (χ0) is 12.8. The van der Waals surface area contributed by atoms with Gasteiger partial charge in [0.1, 0.15) is 0 Å². The molecule has 0 bridgehead atoms. The summed E-state index contributed by atoms with van der Waals surface area (Å²) < 4.78 is 4.85. The van der Waals surface area contributed by atoms with E-state index in [9.17, 15) is 4.79 Å². The van der Waals surface area contributed by atoms with Gasteiger partial charge in [-0.15, -0.1) is 24.2 Å². The Kier molecular flexibility index (Phi) is 5.33. The summed E-state index contributed by atoms with van der Waals surface area (Å²) >= 11 is 9.97. The molecule has 5 heteroatoms. The van der Waals surface area contributed by atoms with E-state index in [1.165, 1.54) is 0 Å². The molecule has 0 N–H and O–H groups in total. The molecule has 0 aliphatic carbocycles. The van der Waals surface area contributed by atoms with E-state index >= 15 is 0 Å². The van der Waals surface area contributed by atoms with Crippen molar-refractivity contribution in [1.82, 2.24) is 0 Å². The molecule has 90 valence electrons. The molecule has 0 saturated heterocycles. The Morgan fingerprint density at radius 2 is 2.29 bits per heavy atom. The minimum atomic E-state index is -0.363. The second-order valence-electron chi connectivity index (χ2n) is 3.37. The van der Waals surface area contributed by atoms with Gasteiger partial charge in [0.2, 0.25) is 0 Å². The van der Waals surface area contributed by atoms with Gasteiger partial charge in [-0.3, -0.25) is 4.79 Å². The normalized spacial score (nSPS) is 9.76. The predicted molar refractivity (Wildman–Crippen MR) is 68.3 cm³/mol. The zero-order valence-electron chi connectivity index (χ0n) is 9.36. The quantitative estimate of drug-likeness (QED) is 0.519. The molecule has 0 amide bonds. The van der Waals surface area contributed by atoms with Gasteiger partial charge in [-0.1, -0.05) is 0 Å². The van der Waals surface area contributed by atoms with Crippen LogP contribution in [0.2, 0.25) is 0 Å². The minimum absolute atomic E-state index is 0.0537. The molecule has 0 aliphatic heterocycles. The van der Waals surface area contributed by atoms with Crippen LogP contribution in [0.15, 0.2) is 17.0 Å². The molecule has 1 aromatic carbocycles. The van der Waals surface area contributed by atoms with Crippen molar-refractivity contribution in [1.29, 1.82) is 5.26 Å². The average molecular weight is 270 g/mol. The summed E-state index contributed by atoms with van der Waals surface area (Å²) in [6, 6.07) is 5.47. The van der Waals surface area contributed by atoms with Crippen molar-refractivity contribution in [2.75, 3.05) is 6.61 Å². The maximum Gasteiger partial charge on any atom is 0.310 e. The predicted octanol–water partition coefficient (Wildman–Crippen LogP) is 2.69. The number of nitrogens with zero attached hydrogens (tertiary/aromatic N) is 1. The Labute approximate surface area is 111 Å². The zero-order valence-corrected chi connectivity index (χ0v) is 11.0.